The Balaban J connectivity index is 1.95. The molecule has 116 valence electrons. The predicted octanol–water partition coefficient (Wildman–Crippen LogP) is 1.03. The van der Waals surface area contributed by atoms with Crippen LogP contribution in [0.5, 0.6) is 0 Å². The third-order valence-electron chi connectivity index (χ3n) is 4.52. The van der Waals surface area contributed by atoms with Crippen molar-refractivity contribution in [1.82, 2.24) is 10.2 Å². The molecule has 3 unspecified atom stereocenters. The van der Waals surface area contributed by atoms with E-state index in [1.165, 1.54) is 0 Å². The van der Waals surface area contributed by atoms with Crippen LogP contribution in [0.4, 0.5) is 0 Å². The molecule has 0 spiro atoms. The quantitative estimate of drug-likeness (QED) is 0.819. The van der Waals surface area contributed by atoms with E-state index in [9.17, 15) is 4.79 Å². The molecule has 2 fully saturated rings. The van der Waals surface area contributed by atoms with E-state index in [1.807, 2.05) is 4.90 Å². The number of carbonyl (C=O) groups is 1. The first-order valence-electron chi connectivity index (χ1n) is 7.74. The molecule has 5 heteroatoms. The maximum Gasteiger partial charge on any atom is 0.229 e. The maximum atomic E-state index is 12.7. The third kappa shape index (κ3) is 3.51. The maximum absolute atomic E-state index is 12.7. The minimum Gasteiger partial charge on any atom is -0.379 e. The number of likely N-dealkylation sites (tertiary alicyclic amines) is 1. The first kappa shape index (κ1) is 15.7. The Morgan fingerprint density at radius 2 is 2.30 bits per heavy atom. The van der Waals surface area contributed by atoms with Crippen LogP contribution in [-0.4, -0.2) is 62.4 Å². The Bertz CT molecular complexity index is 337. The van der Waals surface area contributed by atoms with E-state index in [2.05, 4.69) is 19.2 Å². The first-order chi connectivity index (χ1) is 9.59. The number of methoxy groups -OCH3 is 1. The van der Waals surface area contributed by atoms with Gasteiger partial charge in [0.25, 0.3) is 0 Å². The van der Waals surface area contributed by atoms with Gasteiger partial charge in [0.15, 0.2) is 0 Å². The van der Waals surface area contributed by atoms with E-state index in [-0.39, 0.29) is 23.5 Å². The van der Waals surface area contributed by atoms with Gasteiger partial charge in [0.05, 0.1) is 24.7 Å². The summed E-state index contributed by atoms with van der Waals surface area (Å²) >= 11 is 0. The summed E-state index contributed by atoms with van der Waals surface area (Å²) in [6.45, 7) is 7.88. The van der Waals surface area contributed by atoms with Crippen LogP contribution < -0.4 is 5.32 Å². The van der Waals surface area contributed by atoms with E-state index < -0.39 is 0 Å². The standard InChI is InChI=1S/C15H28N2O3/c1-4-7-16-13-10-20-9-12(13)14(18)17-8-5-6-15(2,11-17)19-3/h12-13,16H,4-11H2,1-3H3. The van der Waals surface area contributed by atoms with Gasteiger partial charge >= 0.3 is 0 Å². The number of ether oxygens (including phenoxy) is 2. The molecule has 0 aromatic carbocycles. The average Bonchev–Trinajstić information content (AvgIpc) is 2.92. The summed E-state index contributed by atoms with van der Waals surface area (Å²) in [5, 5.41) is 3.43. The van der Waals surface area contributed by atoms with E-state index in [4.69, 9.17) is 9.47 Å². The SMILES string of the molecule is CCCNC1COCC1C(=O)N1CCCC(C)(OC)C1. The lowest BCUT2D eigenvalue weighted by atomic mass is 9.92. The lowest BCUT2D eigenvalue weighted by Crippen LogP contribution is -2.53. The van der Waals surface area contributed by atoms with Crippen LogP contribution in [0, 0.1) is 5.92 Å². The van der Waals surface area contributed by atoms with Gasteiger partial charge in [0.2, 0.25) is 5.91 Å². The lowest BCUT2D eigenvalue weighted by Gasteiger charge is -2.40. The van der Waals surface area contributed by atoms with Gasteiger partial charge in [-0.1, -0.05) is 6.92 Å². The van der Waals surface area contributed by atoms with Gasteiger partial charge in [0.1, 0.15) is 0 Å². The second-order valence-corrected chi connectivity index (χ2v) is 6.22. The van der Waals surface area contributed by atoms with Crippen molar-refractivity contribution in [3.8, 4) is 0 Å². The number of nitrogens with one attached hydrogen (secondary N) is 1. The van der Waals surface area contributed by atoms with Crippen molar-refractivity contribution in [2.75, 3.05) is 40.0 Å². The number of hydrogen-bond acceptors (Lipinski definition) is 4. The fourth-order valence-corrected chi connectivity index (χ4v) is 3.12. The topological polar surface area (TPSA) is 50.8 Å². The largest absolute Gasteiger partial charge is 0.379 e. The van der Waals surface area contributed by atoms with Gasteiger partial charge in [-0.25, -0.2) is 0 Å². The van der Waals surface area contributed by atoms with E-state index in [1.54, 1.807) is 7.11 Å². The van der Waals surface area contributed by atoms with Crippen LogP contribution in [0.2, 0.25) is 0 Å². The van der Waals surface area contributed by atoms with Crippen LogP contribution in [0.1, 0.15) is 33.1 Å². The summed E-state index contributed by atoms with van der Waals surface area (Å²) in [6, 6.07) is 0.165. The van der Waals surface area contributed by atoms with E-state index in [0.717, 1.165) is 32.4 Å². The van der Waals surface area contributed by atoms with Crippen LogP contribution in [0.15, 0.2) is 0 Å². The van der Waals surface area contributed by atoms with Gasteiger partial charge < -0.3 is 19.7 Å². The summed E-state index contributed by atoms with van der Waals surface area (Å²) in [4.78, 5) is 14.7. The molecule has 2 aliphatic rings. The number of amides is 1. The molecule has 0 saturated carbocycles. The lowest BCUT2D eigenvalue weighted by molar-refractivity contribution is -0.144. The van der Waals surface area contributed by atoms with Crippen LogP contribution in [0.25, 0.3) is 0 Å². The molecule has 2 aliphatic heterocycles. The predicted molar refractivity (Wildman–Crippen MR) is 77.6 cm³/mol. The molecule has 2 heterocycles. The fraction of sp³-hybridized carbons (Fsp3) is 0.933. The first-order valence-corrected chi connectivity index (χ1v) is 7.74. The molecule has 2 rings (SSSR count). The monoisotopic (exact) mass is 284 g/mol. The zero-order valence-electron chi connectivity index (χ0n) is 13.0. The van der Waals surface area contributed by atoms with Crippen molar-refractivity contribution in [3.05, 3.63) is 0 Å². The third-order valence-corrected chi connectivity index (χ3v) is 4.52. The summed E-state index contributed by atoms with van der Waals surface area (Å²) in [5.41, 5.74) is -0.195. The van der Waals surface area contributed by atoms with Crippen molar-refractivity contribution in [3.63, 3.8) is 0 Å². The van der Waals surface area contributed by atoms with Gasteiger partial charge in [-0.3, -0.25) is 4.79 Å². The second kappa shape index (κ2) is 6.87. The summed E-state index contributed by atoms with van der Waals surface area (Å²) in [5.74, 6) is 0.180. The molecule has 0 radical (unpaired) electrons. The van der Waals surface area contributed by atoms with Crippen LogP contribution >= 0.6 is 0 Å². The Morgan fingerprint density at radius 3 is 3.00 bits per heavy atom. The molecule has 20 heavy (non-hydrogen) atoms. The Morgan fingerprint density at radius 1 is 1.50 bits per heavy atom. The van der Waals surface area contributed by atoms with Crippen molar-refractivity contribution >= 4 is 5.91 Å². The smallest absolute Gasteiger partial charge is 0.229 e. The second-order valence-electron chi connectivity index (χ2n) is 6.22. The number of nitrogens with zero attached hydrogens (tertiary/aromatic N) is 1. The van der Waals surface area contributed by atoms with Crippen LogP contribution in [-0.2, 0) is 14.3 Å². The molecule has 2 saturated heterocycles. The molecular weight excluding hydrogens is 256 g/mol. The summed E-state index contributed by atoms with van der Waals surface area (Å²) in [6.07, 6.45) is 3.10. The van der Waals surface area contributed by atoms with Crippen molar-refractivity contribution < 1.29 is 14.3 Å². The minimum absolute atomic E-state index is 0.0410. The highest BCUT2D eigenvalue weighted by atomic mass is 16.5. The molecule has 3 atom stereocenters. The normalized spacial score (nSPS) is 34.5. The van der Waals surface area contributed by atoms with E-state index >= 15 is 0 Å². The van der Waals surface area contributed by atoms with Crippen LogP contribution in [0.3, 0.4) is 0 Å². The highest BCUT2D eigenvalue weighted by Crippen LogP contribution is 2.26. The zero-order valence-corrected chi connectivity index (χ0v) is 13.0. The molecule has 0 aliphatic carbocycles. The van der Waals surface area contributed by atoms with Gasteiger partial charge in [-0.15, -0.1) is 0 Å². The van der Waals surface area contributed by atoms with E-state index in [0.29, 0.717) is 19.8 Å². The summed E-state index contributed by atoms with van der Waals surface area (Å²) in [7, 11) is 1.73. The van der Waals surface area contributed by atoms with Gasteiger partial charge in [-0.05, 0) is 32.7 Å². The minimum atomic E-state index is -0.195. The van der Waals surface area contributed by atoms with Gasteiger partial charge in [-0.2, -0.15) is 0 Å². The van der Waals surface area contributed by atoms with Crippen molar-refractivity contribution in [1.29, 1.82) is 0 Å². The summed E-state index contributed by atoms with van der Waals surface area (Å²) < 4.78 is 11.1. The Labute approximate surface area is 122 Å². The van der Waals surface area contributed by atoms with Crippen molar-refractivity contribution in [2.24, 2.45) is 5.92 Å². The molecule has 1 N–H and O–H groups in total. The van der Waals surface area contributed by atoms with Gasteiger partial charge in [0, 0.05) is 26.2 Å². The Kier molecular flexibility index (Phi) is 5.41. The molecule has 0 aromatic heterocycles. The molecule has 0 bridgehead atoms. The molecule has 1 amide bonds. The molecule has 0 aromatic rings. The number of piperidine rings is 1. The number of hydrogen-bond donors (Lipinski definition) is 1. The molecular formula is C15H28N2O3. The highest BCUT2D eigenvalue weighted by Gasteiger charge is 2.40. The van der Waals surface area contributed by atoms with Crippen molar-refractivity contribution in [2.45, 2.75) is 44.8 Å². The zero-order chi connectivity index (χ0) is 14.6. The number of carbonyl (C=O) groups excluding carboxylic acids is 1. The molecule has 5 nitrogen and oxygen atoms in total. The Hall–Kier alpha value is -0.650. The highest BCUT2D eigenvalue weighted by molar-refractivity contribution is 5.80. The number of rotatable bonds is 5. The average molecular weight is 284 g/mol. The fourth-order valence-electron chi connectivity index (χ4n) is 3.12.